The number of rotatable bonds is 4. The Morgan fingerprint density at radius 1 is 1.12 bits per heavy atom. The molecule has 0 aromatic heterocycles. The maximum Gasteiger partial charge on any atom is 0.251 e. The second-order valence-electron chi connectivity index (χ2n) is 6.45. The van der Waals surface area contributed by atoms with Crippen LogP contribution in [0.5, 0.6) is 0 Å². The van der Waals surface area contributed by atoms with Crippen molar-refractivity contribution in [2.75, 3.05) is 32.8 Å². The molecular formula is C18H25N3O3. The molecule has 6 heteroatoms. The minimum absolute atomic E-state index is 0.0388. The van der Waals surface area contributed by atoms with Crippen molar-refractivity contribution in [3.8, 4) is 0 Å². The molecule has 24 heavy (non-hydrogen) atoms. The Morgan fingerprint density at radius 3 is 2.42 bits per heavy atom. The van der Waals surface area contributed by atoms with Crippen molar-refractivity contribution in [1.82, 2.24) is 9.80 Å². The molecule has 0 aliphatic carbocycles. The Morgan fingerprint density at radius 2 is 1.79 bits per heavy atom. The van der Waals surface area contributed by atoms with Crippen molar-refractivity contribution in [2.45, 2.75) is 31.4 Å². The summed E-state index contributed by atoms with van der Waals surface area (Å²) in [6.45, 7) is 2.87. The third kappa shape index (κ3) is 3.94. The summed E-state index contributed by atoms with van der Waals surface area (Å²) >= 11 is 0. The average molecular weight is 331 g/mol. The number of nitrogens with zero attached hydrogens (tertiary/aromatic N) is 2. The van der Waals surface area contributed by atoms with Gasteiger partial charge >= 0.3 is 0 Å². The predicted octanol–water partition coefficient (Wildman–Crippen LogP) is 0.406. The molecule has 2 saturated heterocycles. The molecule has 2 atom stereocenters. The number of benzene rings is 1. The van der Waals surface area contributed by atoms with Crippen LogP contribution in [0.4, 0.5) is 0 Å². The van der Waals surface area contributed by atoms with Crippen molar-refractivity contribution in [3.05, 3.63) is 35.9 Å². The van der Waals surface area contributed by atoms with Crippen molar-refractivity contribution in [3.63, 3.8) is 0 Å². The van der Waals surface area contributed by atoms with E-state index in [0.717, 1.165) is 18.4 Å². The van der Waals surface area contributed by atoms with E-state index in [1.807, 2.05) is 35.2 Å². The lowest BCUT2D eigenvalue weighted by Gasteiger charge is -2.36. The molecule has 1 aromatic rings. The van der Waals surface area contributed by atoms with Gasteiger partial charge in [0.05, 0.1) is 6.04 Å². The Hall–Kier alpha value is -1.92. The lowest BCUT2D eigenvalue weighted by molar-refractivity contribution is -0.146. The first-order valence-electron chi connectivity index (χ1n) is 8.64. The molecule has 6 nitrogen and oxygen atoms in total. The standard InChI is InChI=1S/C18H25N3O3/c19-15(13-14-5-2-1-3-6-14)17(22)20-8-10-21(11-9-20)18(23)16-7-4-12-24-16/h1-3,5-6,15-16H,4,7-13,19H2. The SMILES string of the molecule is NC(Cc1ccccc1)C(=O)N1CCN(C(=O)C2CCCO2)CC1. The largest absolute Gasteiger partial charge is 0.368 e. The Bertz CT molecular complexity index is 564. The number of amides is 2. The van der Waals surface area contributed by atoms with Crippen molar-refractivity contribution in [1.29, 1.82) is 0 Å². The van der Waals surface area contributed by atoms with Crippen molar-refractivity contribution >= 4 is 11.8 Å². The molecule has 2 aliphatic heterocycles. The Balaban J connectivity index is 1.48. The zero-order valence-corrected chi connectivity index (χ0v) is 13.9. The molecule has 0 spiro atoms. The van der Waals surface area contributed by atoms with Crippen LogP contribution in [-0.4, -0.2) is 66.5 Å². The van der Waals surface area contributed by atoms with E-state index in [9.17, 15) is 9.59 Å². The van der Waals surface area contributed by atoms with Crippen LogP contribution in [0.25, 0.3) is 0 Å². The van der Waals surface area contributed by atoms with E-state index < -0.39 is 6.04 Å². The zero-order valence-electron chi connectivity index (χ0n) is 13.9. The van der Waals surface area contributed by atoms with Crippen molar-refractivity contribution < 1.29 is 14.3 Å². The van der Waals surface area contributed by atoms with E-state index >= 15 is 0 Å². The first kappa shape index (κ1) is 16.9. The highest BCUT2D eigenvalue weighted by Gasteiger charge is 2.32. The van der Waals surface area contributed by atoms with Gasteiger partial charge in [-0.15, -0.1) is 0 Å². The molecule has 0 radical (unpaired) electrons. The highest BCUT2D eigenvalue weighted by molar-refractivity contribution is 5.83. The molecule has 2 unspecified atom stereocenters. The van der Waals surface area contributed by atoms with E-state index in [0.29, 0.717) is 39.2 Å². The van der Waals surface area contributed by atoms with Crippen LogP contribution in [0.15, 0.2) is 30.3 Å². The van der Waals surface area contributed by atoms with Crippen LogP contribution in [0.3, 0.4) is 0 Å². The normalized spacial score (nSPS) is 22.5. The van der Waals surface area contributed by atoms with Gasteiger partial charge in [-0.1, -0.05) is 30.3 Å². The second-order valence-corrected chi connectivity index (χ2v) is 6.45. The van der Waals surface area contributed by atoms with Crippen LogP contribution in [0, 0.1) is 0 Å². The van der Waals surface area contributed by atoms with Crippen LogP contribution in [0.2, 0.25) is 0 Å². The predicted molar refractivity (Wildman–Crippen MR) is 90.3 cm³/mol. The van der Waals surface area contributed by atoms with Gasteiger partial charge in [0.2, 0.25) is 5.91 Å². The average Bonchev–Trinajstić information content (AvgIpc) is 3.16. The van der Waals surface area contributed by atoms with Gasteiger partial charge in [0, 0.05) is 32.8 Å². The summed E-state index contributed by atoms with van der Waals surface area (Å²) in [6, 6.07) is 9.26. The summed E-state index contributed by atoms with van der Waals surface area (Å²) in [4.78, 5) is 28.4. The van der Waals surface area contributed by atoms with E-state index in [1.165, 1.54) is 0 Å². The summed E-state index contributed by atoms with van der Waals surface area (Å²) in [5.74, 6) is 0.0243. The van der Waals surface area contributed by atoms with Gasteiger partial charge in [0.1, 0.15) is 6.10 Å². The third-order valence-corrected chi connectivity index (χ3v) is 4.72. The molecule has 2 aliphatic rings. The first-order chi connectivity index (χ1) is 11.6. The fourth-order valence-corrected chi connectivity index (χ4v) is 3.31. The lowest BCUT2D eigenvalue weighted by Crippen LogP contribution is -2.56. The van der Waals surface area contributed by atoms with Crippen LogP contribution in [-0.2, 0) is 20.7 Å². The number of ether oxygens (including phenoxy) is 1. The summed E-state index contributed by atoms with van der Waals surface area (Å²) in [5, 5.41) is 0. The van der Waals surface area contributed by atoms with Gasteiger partial charge in [0.25, 0.3) is 5.91 Å². The minimum Gasteiger partial charge on any atom is -0.368 e. The second kappa shape index (κ2) is 7.77. The quantitative estimate of drug-likeness (QED) is 0.867. The molecule has 2 heterocycles. The van der Waals surface area contributed by atoms with E-state index in [4.69, 9.17) is 10.5 Å². The molecule has 2 fully saturated rings. The molecule has 3 rings (SSSR count). The Kier molecular flexibility index (Phi) is 5.48. The van der Waals surface area contributed by atoms with Gasteiger partial charge in [-0.25, -0.2) is 0 Å². The molecule has 1 aromatic carbocycles. The summed E-state index contributed by atoms with van der Waals surface area (Å²) < 4.78 is 5.46. The van der Waals surface area contributed by atoms with Gasteiger partial charge < -0.3 is 20.3 Å². The summed E-state index contributed by atoms with van der Waals surface area (Å²) in [7, 11) is 0. The van der Waals surface area contributed by atoms with Gasteiger partial charge in [0.15, 0.2) is 0 Å². The number of nitrogens with two attached hydrogens (primary N) is 1. The fourth-order valence-electron chi connectivity index (χ4n) is 3.31. The maximum absolute atomic E-state index is 12.5. The Labute approximate surface area is 142 Å². The van der Waals surface area contributed by atoms with E-state index in [-0.39, 0.29) is 17.9 Å². The van der Waals surface area contributed by atoms with Gasteiger partial charge in [-0.2, -0.15) is 0 Å². The number of carbonyl (C=O) groups is 2. The van der Waals surface area contributed by atoms with Crippen LogP contribution < -0.4 is 5.73 Å². The smallest absolute Gasteiger partial charge is 0.251 e. The molecule has 0 bridgehead atoms. The maximum atomic E-state index is 12.5. The van der Waals surface area contributed by atoms with E-state index in [2.05, 4.69) is 0 Å². The molecule has 0 saturated carbocycles. The topological polar surface area (TPSA) is 75.9 Å². The first-order valence-corrected chi connectivity index (χ1v) is 8.64. The molecule has 2 N–H and O–H groups in total. The monoisotopic (exact) mass is 331 g/mol. The number of hydrogen-bond donors (Lipinski definition) is 1. The summed E-state index contributed by atoms with van der Waals surface area (Å²) in [6.07, 6.45) is 2.00. The molecular weight excluding hydrogens is 306 g/mol. The van der Waals surface area contributed by atoms with Crippen LogP contribution >= 0.6 is 0 Å². The molecule has 130 valence electrons. The minimum atomic E-state index is -0.534. The number of piperazine rings is 1. The molecule has 2 amide bonds. The van der Waals surface area contributed by atoms with Crippen LogP contribution in [0.1, 0.15) is 18.4 Å². The third-order valence-electron chi connectivity index (χ3n) is 4.72. The lowest BCUT2D eigenvalue weighted by atomic mass is 10.1. The van der Waals surface area contributed by atoms with Crippen molar-refractivity contribution in [2.24, 2.45) is 5.73 Å². The number of hydrogen-bond acceptors (Lipinski definition) is 4. The zero-order chi connectivity index (χ0) is 16.9. The summed E-state index contributed by atoms with van der Waals surface area (Å²) in [5.41, 5.74) is 7.14. The van der Waals surface area contributed by atoms with Gasteiger partial charge in [-0.05, 0) is 24.8 Å². The van der Waals surface area contributed by atoms with E-state index in [1.54, 1.807) is 4.90 Å². The number of carbonyl (C=O) groups excluding carboxylic acids is 2. The van der Waals surface area contributed by atoms with Gasteiger partial charge in [-0.3, -0.25) is 9.59 Å². The fraction of sp³-hybridized carbons (Fsp3) is 0.556. The highest BCUT2D eigenvalue weighted by Crippen LogP contribution is 2.16. The highest BCUT2D eigenvalue weighted by atomic mass is 16.5.